The zero-order chi connectivity index (χ0) is 29.9. The number of halogens is 1. The largest absolute Gasteiger partial charge is 0.444 e. The van der Waals surface area contributed by atoms with E-state index in [4.69, 9.17) is 32.6 Å². The number of likely N-dealkylation sites (tertiary alicyclic amines) is 1. The fraction of sp³-hybridized carbons (Fsp3) is 0.533. The molecular formula is C30H41ClN6O3Si. The summed E-state index contributed by atoms with van der Waals surface area (Å²) in [6, 6.07) is 4.85. The van der Waals surface area contributed by atoms with Crippen LogP contribution in [0.5, 0.6) is 0 Å². The molecule has 1 saturated heterocycles. The molecule has 1 aromatic carbocycles. The number of piperidine rings is 1. The highest BCUT2D eigenvalue weighted by atomic mass is 35.5. The monoisotopic (exact) mass is 596 g/mol. The number of amides is 1. The molecular weight excluding hydrogens is 556 g/mol. The number of rotatable bonds is 8. The third-order valence-electron chi connectivity index (χ3n) is 7.02. The summed E-state index contributed by atoms with van der Waals surface area (Å²) in [5, 5.41) is 4.79. The van der Waals surface area contributed by atoms with E-state index in [0.717, 1.165) is 40.9 Å². The number of carbonyl (C=O) groups is 1. The van der Waals surface area contributed by atoms with Crippen LogP contribution in [0.4, 0.5) is 16.4 Å². The lowest BCUT2D eigenvalue weighted by molar-refractivity contribution is 0.0206. The Morgan fingerprint density at radius 1 is 1.29 bits per heavy atom. The first-order chi connectivity index (χ1) is 19.3. The van der Waals surface area contributed by atoms with Gasteiger partial charge < -0.3 is 24.3 Å². The molecule has 0 radical (unpaired) electrons. The van der Waals surface area contributed by atoms with E-state index in [1.165, 1.54) is 0 Å². The van der Waals surface area contributed by atoms with E-state index in [2.05, 4.69) is 34.8 Å². The van der Waals surface area contributed by atoms with Gasteiger partial charge in [-0.3, -0.25) is 0 Å². The van der Waals surface area contributed by atoms with E-state index >= 15 is 0 Å². The van der Waals surface area contributed by atoms with Crippen molar-refractivity contribution in [2.24, 2.45) is 0 Å². The Hall–Kier alpha value is -3.13. The van der Waals surface area contributed by atoms with Crippen LogP contribution in [0.3, 0.4) is 0 Å². The van der Waals surface area contributed by atoms with Crippen molar-refractivity contribution < 1.29 is 14.3 Å². The number of anilines is 1. The van der Waals surface area contributed by atoms with Gasteiger partial charge in [0.1, 0.15) is 12.3 Å². The van der Waals surface area contributed by atoms with Crippen LogP contribution in [0.2, 0.25) is 30.7 Å². The molecule has 1 fully saturated rings. The van der Waals surface area contributed by atoms with Crippen LogP contribution in [-0.4, -0.2) is 64.9 Å². The van der Waals surface area contributed by atoms with Crippen LogP contribution >= 0.6 is 11.6 Å². The molecule has 3 aromatic rings. The summed E-state index contributed by atoms with van der Waals surface area (Å²) >= 11 is 6.68. The summed E-state index contributed by atoms with van der Waals surface area (Å²) in [6.45, 7) is 24.4. The fourth-order valence-electron chi connectivity index (χ4n) is 4.92. The number of aromatic nitrogens is 3. The van der Waals surface area contributed by atoms with Crippen molar-refractivity contribution in [2.75, 3.05) is 25.0 Å². The van der Waals surface area contributed by atoms with Crippen LogP contribution in [0.25, 0.3) is 27.0 Å². The quantitative estimate of drug-likeness (QED) is 0.163. The third-order valence-corrected chi connectivity index (χ3v) is 9.00. The Kier molecular flexibility index (Phi) is 9.31. The van der Waals surface area contributed by atoms with Gasteiger partial charge in [0.15, 0.2) is 5.69 Å². The number of aryl methyl sites for hydroxylation is 1. The molecule has 4 rings (SSSR count). The lowest BCUT2D eigenvalue weighted by atomic mass is 10.1. The molecule has 0 saturated carbocycles. The topological polar surface area (TPSA) is 85.9 Å². The first-order valence-corrected chi connectivity index (χ1v) is 18.2. The second-order valence-electron chi connectivity index (χ2n) is 12.9. The van der Waals surface area contributed by atoms with Gasteiger partial charge in [-0.15, -0.1) is 0 Å². The Morgan fingerprint density at radius 2 is 2.05 bits per heavy atom. The Labute approximate surface area is 249 Å². The average molecular weight is 597 g/mol. The Bertz CT molecular complexity index is 1450. The van der Waals surface area contributed by atoms with Gasteiger partial charge in [0.05, 0.1) is 23.5 Å². The fourth-order valence-corrected chi connectivity index (χ4v) is 5.86. The molecule has 1 aliphatic heterocycles. The molecule has 0 bridgehead atoms. The molecule has 1 amide bonds. The zero-order valence-corrected chi connectivity index (χ0v) is 26.9. The highest BCUT2D eigenvalue weighted by Gasteiger charge is 2.28. The van der Waals surface area contributed by atoms with Crippen molar-refractivity contribution in [3.8, 4) is 11.3 Å². The number of hydrogen-bond acceptors (Lipinski definition) is 6. The van der Waals surface area contributed by atoms with Gasteiger partial charge in [0.2, 0.25) is 5.95 Å². The van der Waals surface area contributed by atoms with Crippen molar-refractivity contribution in [1.29, 1.82) is 0 Å². The second kappa shape index (κ2) is 12.4. The van der Waals surface area contributed by atoms with Crippen LogP contribution in [0.15, 0.2) is 24.5 Å². The number of hydrogen-bond donors (Lipinski definition) is 1. The van der Waals surface area contributed by atoms with Crippen LogP contribution in [-0.2, 0) is 16.2 Å². The average Bonchev–Trinajstić information content (AvgIpc) is 3.26. The van der Waals surface area contributed by atoms with Gasteiger partial charge in [-0.2, -0.15) is 0 Å². The van der Waals surface area contributed by atoms with Gasteiger partial charge in [-0.05, 0) is 52.1 Å². The highest BCUT2D eigenvalue weighted by molar-refractivity contribution is 6.76. The summed E-state index contributed by atoms with van der Waals surface area (Å²) < 4.78 is 13.7. The maximum Gasteiger partial charge on any atom is 0.410 e. The SMILES string of the molecule is [C-]#[N+]c1ccc2c(-c3nc(N[C@H]4CCCN(C(=O)OC(C)(C)C)C4)ncc3Cl)cn(COCC[Si](C)(C)C)c2c1C. The van der Waals surface area contributed by atoms with Crippen molar-refractivity contribution in [1.82, 2.24) is 19.4 Å². The number of carbonyl (C=O) groups excluding carboxylic acids is 1. The maximum absolute atomic E-state index is 12.6. The van der Waals surface area contributed by atoms with Gasteiger partial charge in [-0.25, -0.2) is 19.6 Å². The van der Waals surface area contributed by atoms with E-state index < -0.39 is 13.7 Å². The molecule has 3 heterocycles. The molecule has 0 aliphatic carbocycles. The maximum atomic E-state index is 12.6. The van der Waals surface area contributed by atoms with E-state index in [-0.39, 0.29) is 12.1 Å². The molecule has 11 heteroatoms. The van der Waals surface area contributed by atoms with Crippen molar-refractivity contribution >= 4 is 48.3 Å². The summed E-state index contributed by atoms with van der Waals surface area (Å²) in [5.41, 5.74) is 3.34. The van der Waals surface area contributed by atoms with E-state index in [9.17, 15) is 4.79 Å². The predicted octanol–water partition coefficient (Wildman–Crippen LogP) is 7.73. The number of fused-ring (bicyclic) bond motifs is 1. The van der Waals surface area contributed by atoms with Gasteiger partial charge in [-0.1, -0.05) is 43.4 Å². The molecule has 0 spiro atoms. The Morgan fingerprint density at radius 3 is 2.73 bits per heavy atom. The molecule has 9 nitrogen and oxygen atoms in total. The van der Waals surface area contributed by atoms with E-state index in [0.29, 0.717) is 48.8 Å². The van der Waals surface area contributed by atoms with Crippen LogP contribution in [0.1, 0.15) is 39.2 Å². The smallest absolute Gasteiger partial charge is 0.410 e. The highest BCUT2D eigenvalue weighted by Crippen LogP contribution is 2.38. The molecule has 1 aliphatic rings. The van der Waals surface area contributed by atoms with Gasteiger partial charge >= 0.3 is 6.09 Å². The molecule has 1 atom stereocenters. The number of ether oxygens (including phenoxy) is 2. The number of benzene rings is 1. The second-order valence-corrected chi connectivity index (χ2v) is 18.9. The van der Waals surface area contributed by atoms with Crippen molar-refractivity contribution in [3.05, 3.63) is 46.5 Å². The van der Waals surface area contributed by atoms with Crippen LogP contribution in [0, 0.1) is 13.5 Å². The lowest BCUT2D eigenvalue weighted by Crippen LogP contribution is -2.47. The molecule has 41 heavy (non-hydrogen) atoms. The summed E-state index contributed by atoms with van der Waals surface area (Å²) in [6.07, 6.45) is 5.03. The standard InChI is InChI=1S/C30H41ClN6O3Si/c1-20-25(32-5)12-11-22-23(18-37(27(20)22)19-39-14-15-41(6,7)8)26-24(31)16-33-28(35-26)34-21-10-9-13-36(17-21)29(38)40-30(2,3)4/h11-12,16,18,21H,9-10,13-15,17,19H2,1-4,6-8H3,(H,33,34,35)/t21-/m0/s1. The minimum absolute atomic E-state index is 0.0186. The van der Waals surface area contributed by atoms with Gasteiger partial charge in [0, 0.05) is 56.5 Å². The first-order valence-electron chi connectivity index (χ1n) is 14.1. The molecule has 1 N–H and O–H groups in total. The lowest BCUT2D eigenvalue weighted by Gasteiger charge is -2.34. The molecule has 0 unspecified atom stereocenters. The van der Waals surface area contributed by atoms with E-state index in [1.54, 1.807) is 11.1 Å². The van der Waals surface area contributed by atoms with Gasteiger partial charge in [0.25, 0.3) is 0 Å². The minimum atomic E-state index is -1.22. The number of nitrogens with one attached hydrogen (secondary N) is 1. The molecule has 220 valence electrons. The van der Waals surface area contributed by atoms with Crippen molar-refractivity contribution in [2.45, 2.75) is 84.6 Å². The third kappa shape index (κ3) is 7.79. The van der Waals surface area contributed by atoms with Crippen LogP contribution < -0.4 is 5.32 Å². The normalized spacial score (nSPS) is 16.1. The molecule has 2 aromatic heterocycles. The zero-order valence-electron chi connectivity index (χ0n) is 25.2. The minimum Gasteiger partial charge on any atom is -0.444 e. The Balaban J connectivity index is 1.61. The summed E-state index contributed by atoms with van der Waals surface area (Å²) in [7, 11) is -1.22. The summed E-state index contributed by atoms with van der Waals surface area (Å²) in [5.74, 6) is 0.447. The summed E-state index contributed by atoms with van der Waals surface area (Å²) in [4.78, 5) is 27.4. The first kappa shape index (κ1) is 30.8. The van der Waals surface area contributed by atoms with Crippen molar-refractivity contribution in [3.63, 3.8) is 0 Å². The predicted molar refractivity (Wildman–Crippen MR) is 168 cm³/mol. The number of nitrogens with zero attached hydrogens (tertiary/aromatic N) is 5. The van der Waals surface area contributed by atoms with E-state index in [1.807, 2.05) is 50.6 Å².